The average Bonchev–Trinajstić information content (AvgIpc) is 3.19. The van der Waals surface area contributed by atoms with Crippen LogP contribution in [0.4, 0.5) is 10.1 Å². The summed E-state index contributed by atoms with van der Waals surface area (Å²) in [5.74, 6) is -0.621. The third kappa shape index (κ3) is 2.80. The molecule has 3 aromatic rings. The molecule has 0 radical (unpaired) electrons. The summed E-state index contributed by atoms with van der Waals surface area (Å²) in [5.41, 5.74) is 7.27. The lowest BCUT2D eigenvalue weighted by molar-refractivity contribution is 0.1000. The summed E-state index contributed by atoms with van der Waals surface area (Å²) in [7, 11) is 0. The lowest BCUT2D eigenvalue weighted by Crippen LogP contribution is -2.40. The minimum atomic E-state index is -1.54. The Hall–Kier alpha value is -2.93. The van der Waals surface area contributed by atoms with Crippen LogP contribution in [0.25, 0.3) is 16.6 Å². The van der Waals surface area contributed by atoms with Crippen molar-refractivity contribution in [1.29, 1.82) is 0 Å². The van der Waals surface area contributed by atoms with Crippen molar-refractivity contribution < 1.29 is 13.9 Å². The van der Waals surface area contributed by atoms with Crippen molar-refractivity contribution in [2.75, 3.05) is 18.5 Å². The Labute approximate surface area is 149 Å². The fourth-order valence-corrected chi connectivity index (χ4v) is 3.20. The van der Waals surface area contributed by atoms with Gasteiger partial charge in [-0.05, 0) is 18.6 Å². The normalized spacial score (nSPS) is 22.6. The van der Waals surface area contributed by atoms with E-state index in [2.05, 4.69) is 10.4 Å². The Morgan fingerprint density at radius 2 is 2.15 bits per heavy atom. The molecular weight excluding hydrogens is 335 g/mol. The smallest absolute Gasteiger partial charge is 0.252 e. The number of carbonyl (C=O) groups excluding carboxylic acids is 1. The van der Waals surface area contributed by atoms with Crippen LogP contribution in [0.2, 0.25) is 0 Å². The second kappa shape index (κ2) is 6.10. The maximum Gasteiger partial charge on any atom is 0.252 e. The molecule has 2 atom stereocenters. The van der Waals surface area contributed by atoms with Crippen LogP contribution in [-0.2, 0) is 4.74 Å². The molecule has 2 aromatic heterocycles. The van der Waals surface area contributed by atoms with E-state index in [1.54, 1.807) is 4.52 Å². The number of primary amides is 1. The molecule has 1 amide bonds. The predicted molar refractivity (Wildman–Crippen MR) is 96.9 cm³/mol. The zero-order chi connectivity index (χ0) is 18.3. The van der Waals surface area contributed by atoms with E-state index < -0.39 is 17.6 Å². The molecule has 1 fully saturated rings. The number of alkyl halides is 1. The van der Waals surface area contributed by atoms with Crippen LogP contribution < -0.4 is 11.1 Å². The predicted octanol–water partition coefficient (Wildman–Crippen LogP) is 2.64. The Morgan fingerprint density at radius 3 is 2.81 bits per heavy atom. The third-order valence-corrected chi connectivity index (χ3v) is 4.72. The number of nitrogens with zero attached hydrogens (tertiary/aromatic N) is 2. The van der Waals surface area contributed by atoms with Gasteiger partial charge in [0.25, 0.3) is 5.91 Å². The number of hydrogen-bond donors (Lipinski definition) is 2. The Bertz CT molecular complexity index is 968. The van der Waals surface area contributed by atoms with Crippen molar-refractivity contribution >= 4 is 17.1 Å². The number of carbonyl (C=O) groups is 1. The van der Waals surface area contributed by atoms with Gasteiger partial charge in [0.15, 0.2) is 5.67 Å². The molecule has 0 bridgehead atoms. The second-order valence-corrected chi connectivity index (χ2v) is 6.71. The Kier molecular flexibility index (Phi) is 3.88. The molecule has 1 aliphatic rings. The van der Waals surface area contributed by atoms with Crippen LogP contribution in [0.3, 0.4) is 0 Å². The summed E-state index contributed by atoms with van der Waals surface area (Å²) in [5, 5.41) is 7.40. The van der Waals surface area contributed by atoms with Crippen molar-refractivity contribution in [2.24, 2.45) is 5.73 Å². The van der Waals surface area contributed by atoms with Gasteiger partial charge in [0, 0.05) is 11.8 Å². The SMILES string of the molecule is CC1(F)COCC1Nc1c(C(N)=O)cnn2cc(-c3ccccc3)cc12. The fourth-order valence-electron chi connectivity index (χ4n) is 3.20. The van der Waals surface area contributed by atoms with E-state index >= 15 is 0 Å². The largest absolute Gasteiger partial charge is 0.376 e. The molecule has 134 valence electrons. The first-order valence-electron chi connectivity index (χ1n) is 8.35. The minimum absolute atomic E-state index is 0.00815. The van der Waals surface area contributed by atoms with Gasteiger partial charge >= 0.3 is 0 Å². The number of nitrogens with two attached hydrogens (primary N) is 1. The lowest BCUT2D eigenvalue weighted by Gasteiger charge is -2.24. The van der Waals surface area contributed by atoms with Crippen LogP contribution >= 0.6 is 0 Å². The van der Waals surface area contributed by atoms with E-state index in [-0.39, 0.29) is 18.8 Å². The number of halogens is 1. The van der Waals surface area contributed by atoms with Crippen molar-refractivity contribution in [1.82, 2.24) is 9.61 Å². The van der Waals surface area contributed by atoms with Gasteiger partial charge in [-0.2, -0.15) is 5.10 Å². The molecule has 0 spiro atoms. The molecule has 1 aliphatic heterocycles. The summed E-state index contributed by atoms with van der Waals surface area (Å²) in [6, 6.07) is 11.1. The second-order valence-electron chi connectivity index (χ2n) is 6.71. The van der Waals surface area contributed by atoms with E-state index in [4.69, 9.17) is 10.5 Å². The van der Waals surface area contributed by atoms with Crippen LogP contribution in [0.5, 0.6) is 0 Å². The molecular formula is C19H19FN4O2. The number of rotatable bonds is 4. The quantitative estimate of drug-likeness (QED) is 0.755. The summed E-state index contributed by atoms with van der Waals surface area (Å²) in [6.45, 7) is 1.70. The molecule has 26 heavy (non-hydrogen) atoms. The van der Waals surface area contributed by atoms with Gasteiger partial charge in [-0.3, -0.25) is 4.79 Å². The van der Waals surface area contributed by atoms with Crippen molar-refractivity contribution in [3.05, 3.63) is 54.4 Å². The Morgan fingerprint density at radius 1 is 1.38 bits per heavy atom. The number of amides is 1. The summed E-state index contributed by atoms with van der Waals surface area (Å²) in [6.07, 6.45) is 3.26. The molecule has 1 saturated heterocycles. The average molecular weight is 354 g/mol. The van der Waals surface area contributed by atoms with Crippen LogP contribution in [0.1, 0.15) is 17.3 Å². The van der Waals surface area contributed by atoms with Crippen LogP contribution in [0.15, 0.2) is 48.8 Å². The Balaban J connectivity index is 1.84. The maximum absolute atomic E-state index is 14.6. The van der Waals surface area contributed by atoms with Gasteiger partial charge in [0.05, 0.1) is 42.2 Å². The van der Waals surface area contributed by atoms with E-state index in [1.807, 2.05) is 42.6 Å². The first-order chi connectivity index (χ1) is 12.5. The van der Waals surface area contributed by atoms with Gasteiger partial charge in [0.1, 0.15) is 0 Å². The van der Waals surface area contributed by atoms with Gasteiger partial charge < -0.3 is 15.8 Å². The van der Waals surface area contributed by atoms with Crippen LogP contribution in [0, 0.1) is 0 Å². The van der Waals surface area contributed by atoms with Crippen molar-refractivity contribution in [2.45, 2.75) is 18.6 Å². The molecule has 0 aliphatic carbocycles. The summed E-state index contributed by atoms with van der Waals surface area (Å²) in [4.78, 5) is 11.9. The van der Waals surface area contributed by atoms with Gasteiger partial charge in [-0.25, -0.2) is 8.91 Å². The minimum Gasteiger partial charge on any atom is -0.376 e. The van der Waals surface area contributed by atoms with Gasteiger partial charge in [-0.1, -0.05) is 30.3 Å². The molecule has 0 saturated carbocycles. The highest BCUT2D eigenvalue weighted by Crippen LogP contribution is 2.32. The number of anilines is 1. The van der Waals surface area contributed by atoms with Gasteiger partial charge in [-0.15, -0.1) is 0 Å². The van der Waals surface area contributed by atoms with Crippen molar-refractivity contribution in [3.63, 3.8) is 0 Å². The number of ether oxygens (including phenoxy) is 1. The van der Waals surface area contributed by atoms with Gasteiger partial charge in [0.2, 0.25) is 0 Å². The molecule has 2 unspecified atom stereocenters. The first kappa shape index (κ1) is 16.5. The van der Waals surface area contributed by atoms with E-state index in [9.17, 15) is 9.18 Å². The summed E-state index contributed by atoms with van der Waals surface area (Å²) >= 11 is 0. The number of nitrogens with one attached hydrogen (secondary N) is 1. The fraction of sp³-hybridized carbons (Fsp3) is 0.263. The number of aromatic nitrogens is 2. The highest BCUT2D eigenvalue weighted by Gasteiger charge is 2.41. The number of hydrogen-bond acceptors (Lipinski definition) is 4. The molecule has 4 rings (SSSR count). The van der Waals surface area contributed by atoms with E-state index in [1.165, 1.54) is 13.1 Å². The molecule has 7 heteroatoms. The molecule has 3 heterocycles. The number of fused-ring (bicyclic) bond motifs is 1. The van der Waals surface area contributed by atoms with Crippen molar-refractivity contribution in [3.8, 4) is 11.1 Å². The summed E-state index contributed by atoms with van der Waals surface area (Å²) < 4.78 is 21.5. The standard InChI is InChI=1S/C19H19FN4O2/c1-19(20)11-26-10-16(19)23-17-14(18(21)25)8-22-24-9-13(7-15(17)24)12-5-3-2-4-6-12/h2-9,16,23H,10-11H2,1H3,(H2,21,25). The lowest BCUT2D eigenvalue weighted by atomic mass is 10.0. The monoisotopic (exact) mass is 354 g/mol. The van der Waals surface area contributed by atoms with E-state index in [0.717, 1.165) is 11.1 Å². The molecule has 6 nitrogen and oxygen atoms in total. The third-order valence-electron chi connectivity index (χ3n) is 4.72. The highest BCUT2D eigenvalue weighted by molar-refractivity contribution is 6.02. The zero-order valence-electron chi connectivity index (χ0n) is 14.3. The highest BCUT2D eigenvalue weighted by atomic mass is 19.1. The number of benzene rings is 1. The van der Waals surface area contributed by atoms with Crippen LogP contribution in [-0.4, -0.2) is 40.4 Å². The molecule has 1 aromatic carbocycles. The topological polar surface area (TPSA) is 81.6 Å². The zero-order valence-corrected chi connectivity index (χ0v) is 14.3. The maximum atomic E-state index is 14.6. The van der Waals surface area contributed by atoms with E-state index in [0.29, 0.717) is 11.2 Å². The first-order valence-corrected chi connectivity index (χ1v) is 8.35. The molecule has 3 N–H and O–H groups in total.